The monoisotopic (exact) mass is 304 g/mol. The number of hydrogen-bond acceptors (Lipinski definition) is 6. The highest BCUT2D eigenvalue weighted by molar-refractivity contribution is 5.58. The van der Waals surface area contributed by atoms with Crippen molar-refractivity contribution in [3.05, 3.63) is 0 Å². The van der Waals surface area contributed by atoms with Gasteiger partial charge in [0.15, 0.2) is 12.6 Å². The molecule has 0 saturated carbocycles. The lowest BCUT2D eigenvalue weighted by molar-refractivity contribution is -0.195. The van der Waals surface area contributed by atoms with Gasteiger partial charge in [-0.1, -0.05) is 33.1 Å². The normalized spacial score (nSPS) is 17.0. The van der Waals surface area contributed by atoms with E-state index in [1.165, 1.54) is 7.11 Å². The van der Waals surface area contributed by atoms with Crippen LogP contribution in [0.25, 0.3) is 0 Å². The van der Waals surface area contributed by atoms with E-state index in [4.69, 9.17) is 14.2 Å². The van der Waals surface area contributed by atoms with Crippen LogP contribution in [0.15, 0.2) is 0 Å². The Hall–Kier alpha value is -0.820. The van der Waals surface area contributed by atoms with Gasteiger partial charge in [0.05, 0.1) is 12.7 Å². The highest BCUT2D eigenvalue weighted by atomic mass is 16.7. The van der Waals surface area contributed by atoms with Crippen LogP contribution in [0, 0.1) is 0 Å². The van der Waals surface area contributed by atoms with Crippen LogP contribution >= 0.6 is 0 Å². The molecule has 0 fully saturated rings. The molecule has 0 spiro atoms. The number of unbranched alkanes of at least 4 members (excludes halogenated alkanes) is 2. The summed E-state index contributed by atoms with van der Waals surface area (Å²) < 4.78 is 15.7. The predicted molar refractivity (Wildman–Crippen MR) is 78.0 cm³/mol. The lowest BCUT2D eigenvalue weighted by Gasteiger charge is -2.27. The van der Waals surface area contributed by atoms with Crippen molar-refractivity contribution >= 4 is 12.6 Å². The summed E-state index contributed by atoms with van der Waals surface area (Å²) in [6.45, 7) is 3.68. The number of rotatable bonds is 14. The quantitative estimate of drug-likeness (QED) is 0.297. The van der Waals surface area contributed by atoms with Gasteiger partial charge in [0.1, 0.15) is 12.2 Å². The van der Waals surface area contributed by atoms with Crippen LogP contribution in [0.1, 0.15) is 46.0 Å². The highest BCUT2D eigenvalue weighted by Crippen LogP contribution is 2.15. The molecule has 0 radical (unpaired) electrons. The first-order chi connectivity index (χ1) is 10.2. The number of aliphatic hydroxyl groups excluding tert-OH is 1. The Balaban J connectivity index is 4.53. The van der Waals surface area contributed by atoms with Crippen molar-refractivity contribution in [2.45, 2.75) is 70.6 Å². The van der Waals surface area contributed by atoms with Crippen LogP contribution in [0.2, 0.25) is 0 Å². The molecule has 0 aliphatic heterocycles. The summed E-state index contributed by atoms with van der Waals surface area (Å²) in [6, 6.07) is 0. The molecule has 0 aliphatic rings. The zero-order valence-electron chi connectivity index (χ0n) is 13.2. The molecule has 21 heavy (non-hydrogen) atoms. The summed E-state index contributed by atoms with van der Waals surface area (Å²) in [5.41, 5.74) is 0. The third kappa shape index (κ3) is 8.26. The number of aldehydes is 2. The SMILES string of the molecule is CCCCC[C@@H](CC)OC(C=O)[C@@H](CO)O[C@H](C=O)OC. The lowest BCUT2D eigenvalue weighted by atomic mass is 10.1. The van der Waals surface area contributed by atoms with Gasteiger partial charge in [0.25, 0.3) is 0 Å². The largest absolute Gasteiger partial charge is 0.394 e. The fraction of sp³-hybridized carbons (Fsp3) is 0.867. The number of carbonyl (C=O) groups excluding carboxylic acids is 2. The van der Waals surface area contributed by atoms with Gasteiger partial charge in [-0.2, -0.15) is 0 Å². The Labute approximate surface area is 126 Å². The first kappa shape index (κ1) is 20.2. The van der Waals surface area contributed by atoms with E-state index < -0.39 is 25.1 Å². The van der Waals surface area contributed by atoms with E-state index in [2.05, 4.69) is 6.92 Å². The molecule has 0 heterocycles. The van der Waals surface area contributed by atoms with Crippen molar-refractivity contribution in [1.82, 2.24) is 0 Å². The minimum absolute atomic E-state index is 0.0679. The van der Waals surface area contributed by atoms with E-state index in [-0.39, 0.29) is 6.10 Å². The standard InChI is InChI=1S/C15H28O6/c1-4-6-7-8-12(5-2)20-13(9-16)14(10-17)21-15(11-18)19-3/h9,11-15,17H,4-8,10H2,1-3H3/t12-,13?,14-,15-/m1/s1. The number of aliphatic hydroxyl groups is 1. The van der Waals surface area contributed by atoms with Gasteiger partial charge in [0.2, 0.25) is 6.29 Å². The van der Waals surface area contributed by atoms with Crippen molar-refractivity contribution < 1.29 is 28.9 Å². The highest BCUT2D eigenvalue weighted by Gasteiger charge is 2.27. The van der Waals surface area contributed by atoms with Crippen LogP contribution in [0.4, 0.5) is 0 Å². The Morgan fingerprint density at radius 2 is 1.81 bits per heavy atom. The molecule has 1 unspecified atom stereocenters. The van der Waals surface area contributed by atoms with Crippen LogP contribution in [0.3, 0.4) is 0 Å². The molecular weight excluding hydrogens is 276 g/mol. The van der Waals surface area contributed by atoms with Crippen molar-refractivity contribution in [2.24, 2.45) is 0 Å². The molecule has 0 rings (SSSR count). The summed E-state index contributed by atoms with van der Waals surface area (Å²) in [5, 5.41) is 9.33. The Bertz CT molecular complexity index is 271. The second-order valence-corrected chi connectivity index (χ2v) is 4.86. The van der Waals surface area contributed by atoms with Crippen molar-refractivity contribution in [3.63, 3.8) is 0 Å². The predicted octanol–water partition coefficient (Wildman–Crippen LogP) is 1.48. The second-order valence-electron chi connectivity index (χ2n) is 4.86. The van der Waals surface area contributed by atoms with E-state index in [0.29, 0.717) is 12.6 Å². The minimum atomic E-state index is -1.12. The molecular formula is C15H28O6. The Morgan fingerprint density at radius 3 is 2.24 bits per heavy atom. The maximum atomic E-state index is 11.2. The van der Waals surface area contributed by atoms with Crippen LogP contribution in [-0.4, -0.2) is 56.0 Å². The van der Waals surface area contributed by atoms with E-state index in [9.17, 15) is 14.7 Å². The van der Waals surface area contributed by atoms with Gasteiger partial charge in [-0.15, -0.1) is 0 Å². The third-order valence-corrected chi connectivity index (χ3v) is 3.27. The van der Waals surface area contributed by atoms with Crippen molar-refractivity contribution in [1.29, 1.82) is 0 Å². The van der Waals surface area contributed by atoms with E-state index >= 15 is 0 Å². The number of hydrogen-bond donors (Lipinski definition) is 1. The number of ether oxygens (including phenoxy) is 3. The first-order valence-electron chi connectivity index (χ1n) is 7.51. The van der Waals surface area contributed by atoms with Crippen molar-refractivity contribution in [3.8, 4) is 0 Å². The molecule has 6 heteroatoms. The van der Waals surface area contributed by atoms with Gasteiger partial charge in [-0.3, -0.25) is 4.79 Å². The van der Waals surface area contributed by atoms with Gasteiger partial charge < -0.3 is 24.1 Å². The number of methoxy groups -OCH3 is 1. The molecule has 0 saturated heterocycles. The molecule has 0 aromatic carbocycles. The summed E-state index contributed by atoms with van der Waals surface area (Å²) in [7, 11) is 1.31. The minimum Gasteiger partial charge on any atom is -0.394 e. The summed E-state index contributed by atoms with van der Waals surface area (Å²) in [5.74, 6) is 0. The summed E-state index contributed by atoms with van der Waals surface area (Å²) in [6.07, 6.45) is 2.92. The number of carbonyl (C=O) groups is 2. The third-order valence-electron chi connectivity index (χ3n) is 3.27. The fourth-order valence-electron chi connectivity index (χ4n) is 1.96. The zero-order chi connectivity index (χ0) is 16.1. The van der Waals surface area contributed by atoms with Crippen LogP contribution < -0.4 is 0 Å². The maximum Gasteiger partial charge on any atom is 0.214 e. The van der Waals surface area contributed by atoms with E-state index in [1.54, 1.807) is 0 Å². The lowest BCUT2D eigenvalue weighted by Crippen LogP contribution is -2.41. The smallest absolute Gasteiger partial charge is 0.214 e. The molecule has 0 aromatic rings. The first-order valence-corrected chi connectivity index (χ1v) is 7.51. The molecule has 6 nitrogen and oxygen atoms in total. The van der Waals surface area contributed by atoms with Gasteiger partial charge in [0, 0.05) is 7.11 Å². The second kappa shape index (κ2) is 12.9. The molecule has 0 bridgehead atoms. The molecule has 0 aliphatic carbocycles. The molecule has 4 atom stereocenters. The average molecular weight is 304 g/mol. The van der Waals surface area contributed by atoms with Crippen LogP contribution in [0.5, 0.6) is 0 Å². The topological polar surface area (TPSA) is 82.1 Å². The van der Waals surface area contributed by atoms with Crippen LogP contribution in [-0.2, 0) is 23.8 Å². The maximum absolute atomic E-state index is 11.2. The molecule has 0 aromatic heterocycles. The average Bonchev–Trinajstić information content (AvgIpc) is 2.52. The summed E-state index contributed by atoms with van der Waals surface area (Å²) >= 11 is 0. The zero-order valence-corrected chi connectivity index (χ0v) is 13.2. The van der Waals surface area contributed by atoms with Gasteiger partial charge in [-0.05, 0) is 12.8 Å². The van der Waals surface area contributed by atoms with Crippen molar-refractivity contribution in [2.75, 3.05) is 13.7 Å². The molecule has 124 valence electrons. The van der Waals surface area contributed by atoms with E-state index in [0.717, 1.165) is 32.1 Å². The Kier molecular flexibility index (Phi) is 12.4. The van der Waals surface area contributed by atoms with E-state index in [1.807, 2.05) is 6.92 Å². The van der Waals surface area contributed by atoms with Gasteiger partial charge >= 0.3 is 0 Å². The summed E-state index contributed by atoms with van der Waals surface area (Å²) in [4.78, 5) is 21.9. The van der Waals surface area contributed by atoms with Gasteiger partial charge in [-0.25, -0.2) is 0 Å². The molecule has 1 N–H and O–H groups in total. The Morgan fingerprint density at radius 1 is 1.10 bits per heavy atom. The molecule has 0 amide bonds. The fourth-order valence-corrected chi connectivity index (χ4v) is 1.96.